The van der Waals surface area contributed by atoms with Crippen LogP contribution in [-0.2, 0) is 10.1 Å². The smallest absolute Gasteiger partial charge is 0.417 e. The van der Waals surface area contributed by atoms with E-state index in [2.05, 4.69) is 24.3 Å². The van der Waals surface area contributed by atoms with E-state index in [0.717, 1.165) is 33.4 Å². The Kier molecular flexibility index (Phi) is 12.1. The summed E-state index contributed by atoms with van der Waals surface area (Å²) in [6, 6.07) is 59.4. The molecule has 276 valence electrons. The molecule has 0 aromatic heterocycles. The fraction of sp³-hybridized carbons (Fsp3) is 0.106. The second-order valence-electron chi connectivity index (χ2n) is 13.0. The van der Waals surface area contributed by atoms with Gasteiger partial charge in [0.25, 0.3) is 0 Å². The Labute approximate surface area is 326 Å². The summed E-state index contributed by atoms with van der Waals surface area (Å²) < 4.78 is 41.1. The van der Waals surface area contributed by atoms with Crippen LogP contribution in [0.1, 0.15) is 38.9 Å². The average molecular weight is 765 g/mol. The van der Waals surface area contributed by atoms with Crippen LogP contribution in [0.15, 0.2) is 182 Å². The highest BCUT2D eigenvalue weighted by Crippen LogP contribution is 2.56. The van der Waals surface area contributed by atoms with E-state index in [1.54, 1.807) is 0 Å². The van der Waals surface area contributed by atoms with Crippen LogP contribution >= 0.6 is 17.2 Å². The fourth-order valence-corrected chi connectivity index (χ4v) is 8.61. The minimum Gasteiger partial charge on any atom is -0.417 e. The molecule has 0 unspecified atom stereocenters. The van der Waals surface area contributed by atoms with Gasteiger partial charge in [-0.15, -0.1) is 0 Å². The van der Waals surface area contributed by atoms with Gasteiger partial charge in [0.1, 0.15) is 28.7 Å². The van der Waals surface area contributed by atoms with Crippen LogP contribution in [0, 0.1) is 27.7 Å². The second-order valence-corrected chi connectivity index (χ2v) is 15.0. The van der Waals surface area contributed by atoms with E-state index in [0.29, 0.717) is 34.3 Å². The molecule has 0 heterocycles. The lowest BCUT2D eigenvalue weighted by Gasteiger charge is -2.38. The van der Waals surface area contributed by atoms with Gasteiger partial charge in [-0.25, -0.2) is 0 Å². The second kappa shape index (κ2) is 17.7. The van der Waals surface area contributed by atoms with Crippen LogP contribution in [0.4, 0.5) is 0 Å². The highest BCUT2D eigenvalue weighted by Gasteiger charge is 2.45. The van der Waals surface area contributed by atoms with Crippen molar-refractivity contribution in [2.24, 2.45) is 0 Å². The first-order valence-electron chi connectivity index (χ1n) is 18.0. The maximum atomic E-state index is 7.48. The van der Waals surface area contributed by atoms with Crippen molar-refractivity contribution in [3.8, 4) is 28.7 Å². The van der Waals surface area contributed by atoms with Gasteiger partial charge < -0.3 is 22.6 Å². The van der Waals surface area contributed by atoms with Gasteiger partial charge in [0, 0.05) is 5.56 Å². The molecule has 55 heavy (non-hydrogen) atoms. The Morgan fingerprint density at radius 1 is 0.309 bits per heavy atom. The molecule has 0 aliphatic rings. The third-order valence-corrected chi connectivity index (χ3v) is 11.2. The van der Waals surface area contributed by atoms with Crippen molar-refractivity contribution in [2.45, 2.75) is 33.3 Å². The number of rotatable bonds is 15. The lowest BCUT2D eigenvalue weighted by Crippen LogP contribution is -2.33. The van der Waals surface area contributed by atoms with Crippen molar-refractivity contribution >= 4 is 17.2 Å². The summed E-state index contributed by atoms with van der Waals surface area (Å²) >= 11 is 0. The van der Waals surface area contributed by atoms with Gasteiger partial charge in [0.05, 0.1) is 0 Å². The Balaban J connectivity index is 1.40. The first kappa shape index (κ1) is 37.7. The molecule has 0 atom stereocenters. The number of para-hydroxylation sites is 5. The summed E-state index contributed by atoms with van der Waals surface area (Å²) in [6.07, 6.45) is 0. The summed E-state index contributed by atoms with van der Waals surface area (Å²) in [7, 11) is -4.18. The molecule has 0 amide bonds. The summed E-state index contributed by atoms with van der Waals surface area (Å²) in [5.74, 6) is 3.14. The summed E-state index contributed by atoms with van der Waals surface area (Å²) in [5.41, 5.74) is 4.89. The zero-order chi connectivity index (χ0) is 38.0. The molecule has 7 rings (SSSR count). The fourth-order valence-electron chi connectivity index (χ4n) is 6.08. The third-order valence-electron chi connectivity index (χ3n) is 9.08. The molecular formula is C47H42O6P2. The SMILES string of the molecule is Cc1ccccc1OP(Oc1ccccc1C)Oc1ccccc1C(OP(Oc1ccccc1C)Oc1ccccc1C)(c1ccccc1)c1ccccc1. The molecular weight excluding hydrogens is 722 g/mol. The lowest BCUT2D eigenvalue weighted by atomic mass is 9.80. The molecule has 0 radical (unpaired) electrons. The lowest BCUT2D eigenvalue weighted by molar-refractivity contribution is 0.133. The maximum Gasteiger partial charge on any atom is 0.530 e. The van der Waals surface area contributed by atoms with E-state index in [1.165, 1.54) is 0 Å². The zero-order valence-corrected chi connectivity index (χ0v) is 33.0. The summed E-state index contributed by atoms with van der Waals surface area (Å²) in [5, 5.41) is 0. The number of hydrogen-bond acceptors (Lipinski definition) is 6. The Morgan fingerprint density at radius 2 is 0.600 bits per heavy atom. The molecule has 0 saturated carbocycles. The quantitative estimate of drug-likeness (QED) is 0.0765. The van der Waals surface area contributed by atoms with Crippen LogP contribution in [-0.4, -0.2) is 0 Å². The Hall–Kier alpha value is -5.64. The highest BCUT2D eigenvalue weighted by atomic mass is 31.2. The molecule has 0 aliphatic carbocycles. The van der Waals surface area contributed by atoms with Gasteiger partial charge in [-0.1, -0.05) is 152 Å². The molecule has 7 aromatic carbocycles. The maximum absolute atomic E-state index is 7.48. The van der Waals surface area contributed by atoms with Crippen molar-refractivity contribution in [3.05, 3.63) is 221 Å². The molecule has 0 bridgehead atoms. The standard InChI is InChI=1S/C47H42O6P2/c1-35-21-11-16-30-42(35)48-54(49-43-31-17-12-22-36(43)2)52-46-34-20-15-29-41(46)47(39-25-7-5-8-26-39,40-27-9-6-10-28-40)53-55(50-44-32-18-13-23-37(44)3)51-45-33-19-14-24-38(45)4/h5-34H,1-4H3. The largest absolute Gasteiger partial charge is 0.530 e. The van der Waals surface area contributed by atoms with Gasteiger partial charge in [-0.2, -0.15) is 0 Å². The molecule has 6 nitrogen and oxygen atoms in total. The van der Waals surface area contributed by atoms with Crippen LogP contribution in [0.3, 0.4) is 0 Å². The van der Waals surface area contributed by atoms with E-state index in [9.17, 15) is 0 Å². The Morgan fingerprint density at radius 3 is 0.982 bits per heavy atom. The van der Waals surface area contributed by atoms with Crippen LogP contribution < -0.4 is 22.6 Å². The molecule has 0 spiro atoms. The van der Waals surface area contributed by atoms with Crippen LogP contribution in [0.5, 0.6) is 28.7 Å². The normalized spacial score (nSPS) is 11.3. The minimum absolute atomic E-state index is 0.505. The molecule has 0 saturated heterocycles. The van der Waals surface area contributed by atoms with E-state index in [-0.39, 0.29) is 0 Å². The van der Waals surface area contributed by atoms with Crippen LogP contribution in [0.2, 0.25) is 0 Å². The molecule has 8 heteroatoms. The first-order chi connectivity index (χ1) is 26.9. The number of hydrogen-bond donors (Lipinski definition) is 0. The topological polar surface area (TPSA) is 55.4 Å². The van der Waals surface area contributed by atoms with Gasteiger partial charge in [-0.3, -0.25) is 4.52 Å². The minimum atomic E-state index is -2.14. The predicted octanol–water partition coefficient (Wildman–Crippen LogP) is 13.4. The number of aryl methyl sites for hydroxylation is 4. The highest BCUT2D eigenvalue weighted by molar-refractivity contribution is 7.43. The van der Waals surface area contributed by atoms with Gasteiger partial charge in [0.2, 0.25) is 0 Å². The van der Waals surface area contributed by atoms with Crippen molar-refractivity contribution in [2.75, 3.05) is 0 Å². The van der Waals surface area contributed by atoms with E-state index >= 15 is 0 Å². The Bertz CT molecular complexity index is 2180. The molecule has 0 N–H and O–H groups in total. The molecule has 0 aliphatic heterocycles. The van der Waals surface area contributed by atoms with E-state index in [4.69, 9.17) is 27.1 Å². The van der Waals surface area contributed by atoms with Gasteiger partial charge in [-0.05, 0) is 91.4 Å². The molecule has 7 aromatic rings. The number of benzene rings is 7. The van der Waals surface area contributed by atoms with Gasteiger partial charge >= 0.3 is 17.2 Å². The van der Waals surface area contributed by atoms with Crippen molar-refractivity contribution in [3.63, 3.8) is 0 Å². The van der Waals surface area contributed by atoms with Crippen LogP contribution in [0.25, 0.3) is 0 Å². The van der Waals surface area contributed by atoms with E-state index < -0.39 is 22.8 Å². The zero-order valence-electron chi connectivity index (χ0n) is 31.2. The summed E-state index contributed by atoms with van der Waals surface area (Å²) in [4.78, 5) is 0. The van der Waals surface area contributed by atoms with Crippen molar-refractivity contribution in [1.29, 1.82) is 0 Å². The monoisotopic (exact) mass is 764 g/mol. The van der Waals surface area contributed by atoms with Crippen molar-refractivity contribution in [1.82, 2.24) is 0 Å². The average Bonchev–Trinajstić information content (AvgIpc) is 3.21. The molecule has 0 fully saturated rings. The third kappa shape index (κ3) is 8.85. The first-order valence-corrected chi connectivity index (χ1v) is 20.2. The van der Waals surface area contributed by atoms with Gasteiger partial charge in [0.15, 0.2) is 5.60 Å². The predicted molar refractivity (Wildman–Crippen MR) is 222 cm³/mol. The summed E-state index contributed by atoms with van der Waals surface area (Å²) in [6.45, 7) is 8.01. The van der Waals surface area contributed by atoms with E-state index in [1.807, 2.05) is 185 Å². The van der Waals surface area contributed by atoms with Crippen molar-refractivity contribution < 1.29 is 27.1 Å².